The summed E-state index contributed by atoms with van der Waals surface area (Å²) in [6, 6.07) is 1.87. The molecule has 144 valence electrons. The van der Waals surface area contributed by atoms with Crippen LogP contribution in [-0.4, -0.2) is 25.8 Å². The van der Waals surface area contributed by atoms with E-state index in [9.17, 15) is 18.0 Å². The maximum absolute atomic E-state index is 13.5. The minimum absolute atomic E-state index is 0.0708. The Kier molecular flexibility index (Phi) is 9.13. The summed E-state index contributed by atoms with van der Waals surface area (Å²) in [4.78, 5) is 10.5. The van der Waals surface area contributed by atoms with Crippen LogP contribution in [0.1, 0.15) is 58.9 Å². The predicted molar refractivity (Wildman–Crippen MR) is 93.7 cm³/mol. The van der Waals surface area contributed by atoms with Gasteiger partial charge >= 0.3 is 8.80 Å². The van der Waals surface area contributed by atoms with Gasteiger partial charge in [0.1, 0.15) is 17.5 Å². The van der Waals surface area contributed by atoms with Crippen LogP contribution < -0.4 is 0 Å². The first-order valence-electron chi connectivity index (χ1n) is 8.84. The van der Waals surface area contributed by atoms with Gasteiger partial charge in [-0.3, -0.25) is 0 Å². The first kappa shape index (κ1) is 22.1. The summed E-state index contributed by atoms with van der Waals surface area (Å²) in [7, 11) is -3.19. The normalized spacial score (nSPS) is 12.4. The summed E-state index contributed by atoms with van der Waals surface area (Å²) >= 11 is 0. The third-order valence-electron chi connectivity index (χ3n) is 3.61. The van der Waals surface area contributed by atoms with Gasteiger partial charge in [-0.15, -0.1) is 0 Å². The van der Waals surface area contributed by atoms with Gasteiger partial charge in [-0.2, -0.15) is 0 Å². The van der Waals surface area contributed by atoms with E-state index in [4.69, 9.17) is 8.85 Å². The molecule has 0 fully saturated rings. The second kappa shape index (κ2) is 10.3. The average Bonchev–Trinajstić information content (AvgIpc) is 2.42. The Morgan fingerprint density at radius 2 is 1.36 bits per heavy atom. The van der Waals surface area contributed by atoms with Crippen molar-refractivity contribution in [2.45, 2.75) is 78.1 Å². The number of unbranched alkanes of at least 4 members (excludes halogenated alkanes) is 3. The molecule has 0 aromatic heterocycles. The van der Waals surface area contributed by atoms with Gasteiger partial charge in [0.05, 0.1) is 0 Å². The highest BCUT2D eigenvalue weighted by atomic mass is 28.4. The van der Waals surface area contributed by atoms with Gasteiger partial charge in [0, 0.05) is 35.9 Å². The molecule has 1 rings (SSSR count). The third kappa shape index (κ3) is 8.35. The van der Waals surface area contributed by atoms with E-state index >= 15 is 0 Å². The van der Waals surface area contributed by atoms with E-state index in [2.05, 4.69) is 0 Å². The van der Waals surface area contributed by atoms with E-state index < -0.39 is 26.3 Å². The summed E-state index contributed by atoms with van der Waals surface area (Å²) in [6.45, 7) is 7.42. The molecule has 0 unspecified atom stereocenters. The highest BCUT2D eigenvalue weighted by Crippen LogP contribution is 2.21. The SMILES string of the molecule is CC(C)O[Si](O)(CCCCCCc1c(F)cc(F)cc1F)OC(C)C. The van der Waals surface area contributed by atoms with Gasteiger partial charge in [-0.05, 0) is 47.0 Å². The van der Waals surface area contributed by atoms with E-state index in [0.717, 1.165) is 19.3 Å². The second-order valence-corrected chi connectivity index (χ2v) is 9.20. The van der Waals surface area contributed by atoms with Gasteiger partial charge in [0.25, 0.3) is 0 Å². The lowest BCUT2D eigenvalue weighted by Gasteiger charge is -2.28. The molecule has 0 spiro atoms. The summed E-state index contributed by atoms with van der Waals surface area (Å²) < 4.78 is 51.2. The monoisotopic (exact) mass is 378 g/mol. The lowest BCUT2D eigenvalue weighted by Crippen LogP contribution is -2.46. The zero-order valence-electron chi connectivity index (χ0n) is 15.4. The van der Waals surface area contributed by atoms with Crippen LogP contribution in [0.25, 0.3) is 0 Å². The largest absolute Gasteiger partial charge is 0.498 e. The molecular formula is C18H29F3O3Si. The fourth-order valence-corrected chi connectivity index (χ4v) is 5.16. The Hall–Kier alpha value is -0.893. The molecule has 0 bridgehead atoms. The Morgan fingerprint density at radius 3 is 1.84 bits per heavy atom. The van der Waals surface area contributed by atoms with Gasteiger partial charge in [-0.1, -0.05) is 12.8 Å². The molecule has 25 heavy (non-hydrogen) atoms. The Labute approximate surface area is 149 Å². The van der Waals surface area contributed by atoms with Crippen molar-refractivity contribution in [2.75, 3.05) is 0 Å². The standard InChI is InChI=1S/C18H29F3O3Si/c1-13(2)23-25(22,24-14(3)4)10-8-6-5-7-9-16-17(20)11-15(19)12-18(16)21/h11-14,22H,5-10H2,1-4H3. The van der Waals surface area contributed by atoms with Gasteiger partial charge < -0.3 is 13.6 Å². The maximum atomic E-state index is 13.5. The number of halogens is 3. The number of hydrogen-bond acceptors (Lipinski definition) is 3. The minimum Gasteiger partial charge on any atom is -0.390 e. The summed E-state index contributed by atoms with van der Waals surface area (Å²) in [5.74, 6) is -2.58. The molecule has 0 radical (unpaired) electrons. The van der Waals surface area contributed by atoms with Crippen LogP contribution in [0.5, 0.6) is 0 Å². The van der Waals surface area contributed by atoms with Crippen molar-refractivity contribution in [3.05, 3.63) is 35.1 Å². The van der Waals surface area contributed by atoms with E-state index in [0.29, 0.717) is 24.6 Å². The van der Waals surface area contributed by atoms with Crippen molar-refractivity contribution in [1.82, 2.24) is 0 Å². The average molecular weight is 379 g/mol. The van der Waals surface area contributed by atoms with Crippen molar-refractivity contribution in [1.29, 1.82) is 0 Å². The molecule has 0 aliphatic heterocycles. The summed E-state index contributed by atoms with van der Waals surface area (Å²) in [5.41, 5.74) is -0.0708. The van der Waals surface area contributed by atoms with Crippen molar-refractivity contribution in [3.63, 3.8) is 0 Å². The first-order chi connectivity index (χ1) is 11.6. The van der Waals surface area contributed by atoms with E-state index in [1.807, 2.05) is 27.7 Å². The van der Waals surface area contributed by atoms with Crippen LogP contribution in [0.15, 0.2) is 12.1 Å². The minimum atomic E-state index is -3.19. The van der Waals surface area contributed by atoms with Crippen LogP contribution in [0, 0.1) is 17.5 Å². The van der Waals surface area contributed by atoms with Gasteiger partial charge in [0.15, 0.2) is 0 Å². The van der Waals surface area contributed by atoms with Crippen molar-refractivity contribution >= 4 is 8.80 Å². The fraction of sp³-hybridized carbons (Fsp3) is 0.667. The van der Waals surface area contributed by atoms with Crippen LogP contribution in [0.2, 0.25) is 6.04 Å². The third-order valence-corrected chi connectivity index (χ3v) is 6.28. The number of hydrogen-bond donors (Lipinski definition) is 1. The molecule has 0 amide bonds. The zero-order valence-corrected chi connectivity index (χ0v) is 16.4. The fourth-order valence-electron chi connectivity index (χ4n) is 2.70. The molecule has 1 aromatic carbocycles. The summed E-state index contributed by atoms with van der Waals surface area (Å²) in [6.07, 6.45) is 2.86. The van der Waals surface area contributed by atoms with E-state index in [1.165, 1.54) is 0 Å². The van der Waals surface area contributed by atoms with Crippen LogP contribution >= 0.6 is 0 Å². The molecule has 1 aromatic rings. The highest BCUT2D eigenvalue weighted by molar-refractivity contribution is 6.59. The molecule has 1 N–H and O–H groups in total. The van der Waals surface area contributed by atoms with Crippen molar-refractivity contribution in [2.24, 2.45) is 0 Å². The molecule has 0 heterocycles. The quantitative estimate of drug-likeness (QED) is 0.436. The van der Waals surface area contributed by atoms with Crippen LogP contribution in [-0.2, 0) is 15.3 Å². The zero-order chi connectivity index (χ0) is 19.0. The lowest BCUT2D eigenvalue weighted by molar-refractivity contribution is 0.0472. The highest BCUT2D eigenvalue weighted by Gasteiger charge is 2.38. The smallest absolute Gasteiger partial charge is 0.390 e. The van der Waals surface area contributed by atoms with E-state index in [1.54, 1.807) is 0 Å². The number of rotatable bonds is 11. The van der Waals surface area contributed by atoms with Crippen LogP contribution in [0.4, 0.5) is 13.2 Å². The predicted octanol–water partition coefficient (Wildman–Crippen LogP) is 4.99. The van der Waals surface area contributed by atoms with Crippen molar-refractivity contribution < 1.29 is 26.8 Å². The maximum Gasteiger partial charge on any atom is 0.498 e. The molecule has 0 saturated heterocycles. The Bertz CT molecular complexity index is 505. The molecule has 3 nitrogen and oxygen atoms in total. The lowest BCUT2D eigenvalue weighted by atomic mass is 10.1. The van der Waals surface area contributed by atoms with E-state index in [-0.39, 0.29) is 24.2 Å². The Balaban J connectivity index is 2.37. The molecule has 0 saturated carbocycles. The van der Waals surface area contributed by atoms with Crippen molar-refractivity contribution in [3.8, 4) is 0 Å². The first-order valence-corrected chi connectivity index (χ1v) is 10.8. The molecular weight excluding hydrogens is 349 g/mol. The molecule has 7 heteroatoms. The Morgan fingerprint density at radius 1 is 0.880 bits per heavy atom. The molecule has 0 aliphatic carbocycles. The number of benzene rings is 1. The van der Waals surface area contributed by atoms with Gasteiger partial charge in [0.2, 0.25) is 0 Å². The summed E-state index contributed by atoms with van der Waals surface area (Å²) in [5, 5.41) is 0. The van der Waals surface area contributed by atoms with Crippen LogP contribution in [0.3, 0.4) is 0 Å². The topological polar surface area (TPSA) is 38.7 Å². The van der Waals surface area contributed by atoms with Gasteiger partial charge in [-0.25, -0.2) is 13.2 Å². The molecule has 0 aliphatic rings. The second-order valence-electron chi connectivity index (χ2n) is 6.81. The molecule has 0 atom stereocenters.